The number of benzene rings is 1. The van der Waals surface area contributed by atoms with Gasteiger partial charge in [-0.2, -0.15) is 11.8 Å². The molecule has 0 aliphatic rings. The lowest BCUT2D eigenvalue weighted by Gasteiger charge is -2.10. The lowest BCUT2D eigenvalue weighted by Crippen LogP contribution is -2.18. The van der Waals surface area contributed by atoms with Gasteiger partial charge in [0.2, 0.25) is 5.91 Å². The van der Waals surface area contributed by atoms with Gasteiger partial charge in [0, 0.05) is 18.0 Å². The molecule has 0 aromatic heterocycles. The molecular formula is C14H22N2OS. The number of amides is 1. The van der Waals surface area contributed by atoms with E-state index in [9.17, 15) is 4.79 Å². The standard InChI is InChI=1S/C14H22N2OS/c1-11-5-6-12(2)13(9-11)15-14(17)10-18-8-7-16(3)4/h5-6,9H,7-8,10H2,1-4H3,(H,15,17). The largest absolute Gasteiger partial charge is 0.325 e. The predicted molar refractivity (Wildman–Crippen MR) is 80.4 cm³/mol. The van der Waals surface area contributed by atoms with Gasteiger partial charge in [0.1, 0.15) is 0 Å². The molecule has 1 aromatic rings. The van der Waals surface area contributed by atoms with Gasteiger partial charge in [-0.05, 0) is 45.1 Å². The second kappa shape index (κ2) is 7.44. The normalized spacial score (nSPS) is 10.7. The molecule has 0 aliphatic heterocycles. The molecule has 18 heavy (non-hydrogen) atoms. The highest BCUT2D eigenvalue weighted by Gasteiger charge is 2.05. The molecule has 0 fully saturated rings. The van der Waals surface area contributed by atoms with Gasteiger partial charge in [-0.25, -0.2) is 0 Å². The zero-order valence-corrected chi connectivity index (χ0v) is 12.4. The molecule has 0 saturated heterocycles. The first-order valence-corrected chi connectivity index (χ1v) is 7.24. The summed E-state index contributed by atoms with van der Waals surface area (Å²) in [4.78, 5) is 13.9. The van der Waals surface area contributed by atoms with E-state index < -0.39 is 0 Å². The average Bonchev–Trinajstić information content (AvgIpc) is 2.29. The number of anilines is 1. The predicted octanol–water partition coefficient (Wildman–Crippen LogP) is 2.54. The van der Waals surface area contributed by atoms with Crippen molar-refractivity contribution in [2.24, 2.45) is 0 Å². The number of hydrogen-bond donors (Lipinski definition) is 1. The van der Waals surface area contributed by atoms with Gasteiger partial charge in [0.05, 0.1) is 5.75 Å². The van der Waals surface area contributed by atoms with Crippen molar-refractivity contribution >= 4 is 23.4 Å². The number of aryl methyl sites for hydroxylation is 2. The van der Waals surface area contributed by atoms with Crippen LogP contribution in [0.1, 0.15) is 11.1 Å². The highest BCUT2D eigenvalue weighted by molar-refractivity contribution is 7.99. The molecule has 1 rings (SSSR count). The van der Waals surface area contributed by atoms with Crippen LogP contribution in [0, 0.1) is 13.8 Å². The van der Waals surface area contributed by atoms with Gasteiger partial charge in [0.25, 0.3) is 0 Å². The fourth-order valence-corrected chi connectivity index (χ4v) is 2.36. The number of carbonyl (C=O) groups excluding carboxylic acids is 1. The lowest BCUT2D eigenvalue weighted by molar-refractivity contribution is -0.113. The Balaban J connectivity index is 2.38. The van der Waals surface area contributed by atoms with E-state index in [-0.39, 0.29) is 5.91 Å². The fourth-order valence-electron chi connectivity index (χ4n) is 1.47. The molecule has 1 amide bonds. The number of rotatable bonds is 6. The zero-order valence-electron chi connectivity index (χ0n) is 11.6. The van der Waals surface area contributed by atoms with E-state index >= 15 is 0 Å². The van der Waals surface area contributed by atoms with E-state index in [4.69, 9.17) is 0 Å². The highest BCUT2D eigenvalue weighted by atomic mass is 32.2. The van der Waals surface area contributed by atoms with Crippen LogP contribution in [0.5, 0.6) is 0 Å². The van der Waals surface area contributed by atoms with Gasteiger partial charge in [-0.1, -0.05) is 12.1 Å². The minimum Gasteiger partial charge on any atom is -0.325 e. The maximum Gasteiger partial charge on any atom is 0.234 e. The van der Waals surface area contributed by atoms with E-state index in [1.807, 2.05) is 40.1 Å². The lowest BCUT2D eigenvalue weighted by atomic mass is 10.1. The number of hydrogen-bond acceptors (Lipinski definition) is 3. The third-order valence-corrected chi connectivity index (χ3v) is 3.52. The molecule has 4 heteroatoms. The first-order chi connectivity index (χ1) is 8.49. The van der Waals surface area contributed by atoms with Crippen molar-refractivity contribution in [2.45, 2.75) is 13.8 Å². The Hall–Kier alpha value is -1.00. The highest BCUT2D eigenvalue weighted by Crippen LogP contribution is 2.16. The molecule has 0 atom stereocenters. The summed E-state index contributed by atoms with van der Waals surface area (Å²) in [7, 11) is 4.08. The molecule has 0 saturated carbocycles. The molecule has 0 aliphatic carbocycles. The van der Waals surface area contributed by atoms with Crippen LogP contribution in [0.3, 0.4) is 0 Å². The molecule has 0 spiro atoms. The van der Waals surface area contributed by atoms with Crippen LogP contribution in [0.25, 0.3) is 0 Å². The number of nitrogens with one attached hydrogen (secondary N) is 1. The summed E-state index contributed by atoms with van der Waals surface area (Å²) < 4.78 is 0. The fraction of sp³-hybridized carbons (Fsp3) is 0.500. The summed E-state index contributed by atoms with van der Waals surface area (Å²) in [6.45, 7) is 5.04. The van der Waals surface area contributed by atoms with Crippen LogP contribution >= 0.6 is 11.8 Å². The van der Waals surface area contributed by atoms with E-state index in [0.717, 1.165) is 29.1 Å². The number of nitrogens with zero attached hydrogens (tertiary/aromatic N) is 1. The first kappa shape index (κ1) is 15.1. The van der Waals surface area contributed by atoms with Crippen molar-refractivity contribution in [3.8, 4) is 0 Å². The summed E-state index contributed by atoms with van der Waals surface area (Å²) in [6.07, 6.45) is 0. The Bertz CT molecular complexity index is 405. The van der Waals surface area contributed by atoms with E-state index in [2.05, 4.69) is 16.3 Å². The number of thioether (sulfide) groups is 1. The van der Waals surface area contributed by atoms with Crippen LogP contribution in [-0.4, -0.2) is 43.0 Å². The molecule has 0 heterocycles. The van der Waals surface area contributed by atoms with Crippen LogP contribution in [0.2, 0.25) is 0 Å². The average molecular weight is 266 g/mol. The maximum absolute atomic E-state index is 11.8. The topological polar surface area (TPSA) is 32.3 Å². The van der Waals surface area contributed by atoms with Crippen molar-refractivity contribution < 1.29 is 4.79 Å². The Morgan fingerprint density at radius 1 is 1.33 bits per heavy atom. The monoisotopic (exact) mass is 266 g/mol. The Morgan fingerprint density at radius 2 is 2.06 bits per heavy atom. The smallest absolute Gasteiger partial charge is 0.234 e. The second-order valence-electron chi connectivity index (χ2n) is 4.72. The van der Waals surface area contributed by atoms with Crippen molar-refractivity contribution in [2.75, 3.05) is 37.5 Å². The minimum absolute atomic E-state index is 0.0763. The van der Waals surface area contributed by atoms with Gasteiger partial charge in [-0.15, -0.1) is 0 Å². The van der Waals surface area contributed by atoms with Gasteiger partial charge >= 0.3 is 0 Å². The third-order valence-electron chi connectivity index (χ3n) is 2.58. The van der Waals surface area contributed by atoms with Gasteiger partial charge in [0.15, 0.2) is 0 Å². The molecule has 1 N–H and O–H groups in total. The minimum atomic E-state index is 0.0763. The SMILES string of the molecule is Cc1ccc(C)c(NC(=O)CSCCN(C)C)c1. The van der Waals surface area contributed by atoms with E-state index in [1.165, 1.54) is 0 Å². The van der Waals surface area contributed by atoms with Crippen LogP contribution in [0.15, 0.2) is 18.2 Å². The summed E-state index contributed by atoms with van der Waals surface area (Å²) in [6, 6.07) is 6.10. The van der Waals surface area contributed by atoms with Gasteiger partial charge < -0.3 is 10.2 Å². The molecule has 0 radical (unpaired) electrons. The van der Waals surface area contributed by atoms with Crippen molar-refractivity contribution in [3.63, 3.8) is 0 Å². The van der Waals surface area contributed by atoms with Crippen LogP contribution in [-0.2, 0) is 4.79 Å². The van der Waals surface area contributed by atoms with Crippen LogP contribution < -0.4 is 5.32 Å². The summed E-state index contributed by atoms with van der Waals surface area (Å²) in [5.74, 6) is 1.57. The molecular weight excluding hydrogens is 244 g/mol. The Kier molecular flexibility index (Phi) is 6.22. The van der Waals surface area contributed by atoms with E-state index in [1.54, 1.807) is 11.8 Å². The van der Waals surface area contributed by atoms with Crippen LogP contribution in [0.4, 0.5) is 5.69 Å². The Morgan fingerprint density at radius 3 is 2.72 bits per heavy atom. The summed E-state index contributed by atoms with van der Waals surface area (Å²) in [5.41, 5.74) is 3.19. The van der Waals surface area contributed by atoms with Gasteiger partial charge in [-0.3, -0.25) is 4.79 Å². The first-order valence-electron chi connectivity index (χ1n) is 6.08. The quantitative estimate of drug-likeness (QED) is 0.803. The molecule has 100 valence electrons. The van der Waals surface area contributed by atoms with Crippen molar-refractivity contribution in [1.29, 1.82) is 0 Å². The molecule has 0 unspecified atom stereocenters. The third kappa shape index (κ3) is 5.56. The Labute approximate surface area is 114 Å². The maximum atomic E-state index is 11.8. The summed E-state index contributed by atoms with van der Waals surface area (Å²) in [5, 5.41) is 2.97. The van der Waals surface area contributed by atoms with E-state index in [0.29, 0.717) is 5.75 Å². The van der Waals surface area contributed by atoms with Crippen molar-refractivity contribution in [3.05, 3.63) is 29.3 Å². The number of carbonyl (C=O) groups is 1. The van der Waals surface area contributed by atoms with Crippen molar-refractivity contribution in [1.82, 2.24) is 4.90 Å². The zero-order chi connectivity index (χ0) is 13.5. The molecule has 0 bridgehead atoms. The second-order valence-corrected chi connectivity index (χ2v) is 5.83. The molecule has 3 nitrogen and oxygen atoms in total. The molecule has 1 aromatic carbocycles. The summed E-state index contributed by atoms with van der Waals surface area (Å²) >= 11 is 1.67.